The highest BCUT2D eigenvalue weighted by Gasteiger charge is 1.99. The van der Waals surface area contributed by atoms with E-state index in [4.69, 9.17) is 5.73 Å². The topological polar surface area (TPSA) is 63.3 Å². The van der Waals surface area contributed by atoms with Gasteiger partial charge in [0.25, 0.3) is 0 Å². The van der Waals surface area contributed by atoms with Gasteiger partial charge in [-0.3, -0.25) is 4.98 Å². The molecule has 92 valence electrons. The molecule has 0 aliphatic carbocycles. The Morgan fingerprint density at radius 2 is 2.24 bits per heavy atom. The Morgan fingerprint density at radius 1 is 1.53 bits per heavy atom. The van der Waals surface area contributed by atoms with Gasteiger partial charge < -0.3 is 11.1 Å². The predicted molar refractivity (Wildman–Crippen MR) is 71.9 cm³/mol. The van der Waals surface area contributed by atoms with Gasteiger partial charge in [0.05, 0.1) is 6.54 Å². The van der Waals surface area contributed by atoms with Crippen LogP contribution in [0.4, 0.5) is 0 Å². The van der Waals surface area contributed by atoms with Gasteiger partial charge in [-0.15, -0.1) is 0 Å². The van der Waals surface area contributed by atoms with E-state index in [2.05, 4.69) is 28.8 Å². The molecule has 1 aromatic rings. The summed E-state index contributed by atoms with van der Waals surface area (Å²) >= 11 is 0. The van der Waals surface area contributed by atoms with Crippen LogP contribution in [0.1, 0.15) is 23.7 Å². The van der Waals surface area contributed by atoms with Crippen LogP contribution in [0, 0.1) is 13.8 Å². The van der Waals surface area contributed by atoms with Crippen molar-refractivity contribution in [2.75, 3.05) is 6.54 Å². The molecule has 1 heterocycles. The molecule has 0 unspecified atom stereocenters. The number of nitrogens with two attached hydrogens (primary N) is 1. The normalized spacial score (nSPS) is 11.4. The van der Waals surface area contributed by atoms with Crippen molar-refractivity contribution in [1.82, 2.24) is 10.3 Å². The molecular formula is C13H20N4. The minimum Gasteiger partial charge on any atom is -0.370 e. The molecule has 0 amide bonds. The van der Waals surface area contributed by atoms with Gasteiger partial charge in [0.1, 0.15) is 0 Å². The lowest BCUT2D eigenvalue weighted by atomic mass is 10.1. The third kappa shape index (κ3) is 4.68. The zero-order valence-electron chi connectivity index (χ0n) is 10.7. The van der Waals surface area contributed by atoms with E-state index in [0.717, 1.165) is 16.8 Å². The van der Waals surface area contributed by atoms with Crippen LogP contribution in [-0.4, -0.2) is 17.5 Å². The van der Waals surface area contributed by atoms with Crippen LogP contribution in [0.5, 0.6) is 0 Å². The molecule has 4 heteroatoms. The first-order valence-electron chi connectivity index (χ1n) is 5.59. The molecule has 0 atom stereocenters. The number of hydrogen-bond donors (Lipinski definition) is 2. The van der Waals surface area contributed by atoms with Crippen LogP contribution in [0.3, 0.4) is 0 Å². The van der Waals surface area contributed by atoms with E-state index in [0.29, 0.717) is 19.0 Å². The molecule has 1 aromatic heterocycles. The van der Waals surface area contributed by atoms with Crippen molar-refractivity contribution >= 4 is 5.96 Å². The lowest BCUT2D eigenvalue weighted by Crippen LogP contribution is -2.32. The molecular weight excluding hydrogens is 212 g/mol. The van der Waals surface area contributed by atoms with Crippen molar-refractivity contribution in [1.29, 1.82) is 0 Å². The summed E-state index contributed by atoms with van der Waals surface area (Å²) in [4.78, 5) is 8.51. The second-order valence-corrected chi connectivity index (χ2v) is 4.26. The van der Waals surface area contributed by atoms with E-state index in [1.807, 2.05) is 26.1 Å². The van der Waals surface area contributed by atoms with E-state index < -0.39 is 0 Å². The van der Waals surface area contributed by atoms with E-state index in [1.165, 1.54) is 5.56 Å². The quantitative estimate of drug-likeness (QED) is 0.471. The van der Waals surface area contributed by atoms with Gasteiger partial charge in [-0.1, -0.05) is 12.2 Å². The fraction of sp³-hybridized carbons (Fsp3) is 0.385. The van der Waals surface area contributed by atoms with E-state index in [-0.39, 0.29) is 0 Å². The standard InChI is InChI=1S/C13H20N4/c1-9(2)6-16-13(14)17-8-12-7-15-11(4)5-10(12)3/h5,7H,1,6,8H2,2-4H3,(H3,14,16,17). The Balaban J connectivity index is 2.59. The third-order valence-corrected chi connectivity index (χ3v) is 2.35. The van der Waals surface area contributed by atoms with Gasteiger partial charge in [0.15, 0.2) is 5.96 Å². The van der Waals surface area contributed by atoms with Crippen LogP contribution >= 0.6 is 0 Å². The molecule has 0 bridgehead atoms. The highest BCUT2D eigenvalue weighted by atomic mass is 15.1. The van der Waals surface area contributed by atoms with Crippen molar-refractivity contribution in [2.24, 2.45) is 10.7 Å². The van der Waals surface area contributed by atoms with Crippen LogP contribution in [0.2, 0.25) is 0 Å². The van der Waals surface area contributed by atoms with Gasteiger partial charge in [-0.25, -0.2) is 4.99 Å². The summed E-state index contributed by atoms with van der Waals surface area (Å²) in [7, 11) is 0. The fourth-order valence-corrected chi connectivity index (χ4v) is 1.36. The highest BCUT2D eigenvalue weighted by Crippen LogP contribution is 2.08. The average Bonchev–Trinajstić information content (AvgIpc) is 2.25. The maximum atomic E-state index is 5.73. The number of aromatic nitrogens is 1. The Kier molecular flexibility index (Phi) is 4.69. The lowest BCUT2D eigenvalue weighted by Gasteiger charge is -2.06. The lowest BCUT2D eigenvalue weighted by molar-refractivity contribution is 0.931. The van der Waals surface area contributed by atoms with E-state index in [1.54, 1.807) is 0 Å². The summed E-state index contributed by atoms with van der Waals surface area (Å²) in [5, 5.41) is 2.99. The first-order chi connectivity index (χ1) is 7.99. The number of nitrogens with one attached hydrogen (secondary N) is 1. The largest absolute Gasteiger partial charge is 0.370 e. The van der Waals surface area contributed by atoms with Gasteiger partial charge in [-0.2, -0.15) is 0 Å². The average molecular weight is 232 g/mol. The molecule has 0 aliphatic heterocycles. The fourth-order valence-electron chi connectivity index (χ4n) is 1.36. The second kappa shape index (κ2) is 6.03. The van der Waals surface area contributed by atoms with E-state index >= 15 is 0 Å². The zero-order chi connectivity index (χ0) is 12.8. The molecule has 4 nitrogen and oxygen atoms in total. The monoisotopic (exact) mass is 232 g/mol. The number of nitrogens with zero attached hydrogens (tertiary/aromatic N) is 2. The van der Waals surface area contributed by atoms with Crippen LogP contribution < -0.4 is 11.1 Å². The molecule has 0 spiro atoms. The molecule has 0 aromatic carbocycles. The minimum atomic E-state index is 0.438. The van der Waals surface area contributed by atoms with Crippen molar-refractivity contribution in [2.45, 2.75) is 27.3 Å². The second-order valence-electron chi connectivity index (χ2n) is 4.26. The molecule has 0 saturated carbocycles. The van der Waals surface area contributed by atoms with Crippen molar-refractivity contribution in [3.8, 4) is 0 Å². The van der Waals surface area contributed by atoms with Crippen molar-refractivity contribution in [3.05, 3.63) is 41.2 Å². The molecule has 0 fully saturated rings. The number of guanidine groups is 1. The van der Waals surface area contributed by atoms with Gasteiger partial charge in [-0.05, 0) is 38.0 Å². The molecule has 1 rings (SSSR count). The van der Waals surface area contributed by atoms with Crippen LogP contribution in [0.15, 0.2) is 29.4 Å². The summed E-state index contributed by atoms with van der Waals surface area (Å²) in [6.45, 7) is 11.0. The minimum absolute atomic E-state index is 0.438. The number of aryl methyl sites for hydroxylation is 2. The third-order valence-electron chi connectivity index (χ3n) is 2.35. The smallest absolute Gasteiger partial charge is 0.189 e. The molecule has 0 radical (unpaired) electrons. The Bertz CT molecular complexity index is 435. The molecule has 17 heavy (non-hydrogen) atoms. The Morgan fingerprint density at radius 3 is 2.82 bits per heavy atom. The van der Waals surface area contributed by atoms with Gasteiger partial charge in [0, 0.05) is 18.4 Å². The molecule has 0 aliphatic rings. The van der Waals surface area contributed by atoms with Crippen LogP contribution in [-0.2, 0) is 6.54 Å². The van der Waals surface area contributed by atoms with E-state index in [9.17, 15) is 0 Å². The Hall–Kier alpha value is -1.84. The maximum Gasteiger partial charge on any atom is 0.189 e. The number of pyridine rings is 1. The summed E-state index contributed by atoms with van der Waals surface area (Å²) in [5.41, 5.74) is 10.1. The first kappa shape index (κ1) is 13.2. The predicted octanol–water partition coefficient (Wildman–Crippen LogP) is 1.68. The summed E-state index contributed by atoms with van der Waals surface area (Å²) in [6.07, 6.45) is 1.85. The summed E-state index contributed by atoms with van der Waals surface area (Å²) in [6, 6.07) is 2.04. The summed E-state index contributed by atoms with van der Waals surface area (Å²) in [5.74, 6) is 0.438. The number of aliphatic imine (C=N–C) groups is 1. The van der Waals surface area contributed by atoms with Gasteiger partial charge in [0.2, 0.25) is 0 Å². The molecule has 0 saturated heterocycles. The molecule has 3 N–H and O–H groups in total. The van der Waals surface area contributed by atoms with Crippen molar-refractivity contribution < 1.29 is 0 Å². The number of rotatable bonds is 4. The maximum absolute atomic E-state index is 5.73. The highest BCUT2D eigenvalue weighted by molar-refractivity contribution is 5.78. The SMILES string of the molecule is C=C(C)CNC(N)=NCc1cnc(C)cc1C. The Labute approximate surface area is 103 Å². The van der Waals surface area contributed by atoms with Gasteiger partial charge >= 0.3 is 0 Å². The van der Waals surface area contributed by atoms with Crippen LogP contribution in [0.25, 0.3) is 0 Å². The van der Waals surface area contributed by atoms with Crippen molar-refractivity contribution in [3.63, 3.8) is 0 Å². The zero-order valence-corrected chi connectivity index (χ0v) is 10.7. The number of hydrogen-bond acceptors (Lipinski definition) is 2. The first-order valence-corrected chi connectivity index (χ1v) is 5.59. The summed E-state index contributed by atoms with van der Waals surface area (Å²) < 4.78 is 0.